The molecule has 0 saturated heterocycles. The van der Waals surface area contributed by atoms with Crippen LogP contribution in [0.3, 0.4) is 0 Å². The molecule has 1 unspecified atom stereocenters. The van der Waals surface area contributed by atoms with Gasteiger partial charge in [-0.3, -0.25) is 4.79 Å². The zero-order chi connectivity index (χ0) is 6.57. The molecule has 0 rings (SSSR count). The van der Waals surface area contributed by atoms with E-state index in [4.69, 9.17) is 5.73 Å². The zero-order valence-electron chi connectivity index (χ0n) is 5.05. The summed E-state index contributed by atoms with van der Waals surface area (Å²) in [5.41, 5.74) is 5.05. The smallest absolute Gasteiger partial charge is 0.152 e. The quantitative estimate of drug-likeness (QED) is 0.536. The van der Waals surface area contributed by atoms with Crippen molar-refractivity contribution in [2.45, 2.75) is 6.92 Å². The van der Waals surface area contributed by atoms with Gasteiger partial charge in [-0.25, -0.2) is 0 Å². The Hall–Kier alpha value is -0.630. The number of Topliss-reactive ketones (excluding diaryl/α,β-unsaturated/α-hetero) is 1. The first-order valence-corrected chi connectivity index (χ1v) is 2.57. The molecule has 0 saturated carbocycles. The summed E-state index contributed by atoms with van der Waals surface area (Å²) in [7, 11) is 0. The Bertz CT molecular complexity index is 98.7. The Morgan fingerprint density at radius 1 is 2.00 bits per heavy atom. The Morgan fingerprint density at radius 3 is 2.62 bits per heavy atom. The average molecular weight is 113 g/mol. The van der Waals surface area contributed by atoms with E-state index in [0.717, 1.165) is 0 Å². The number of rotatable bonds is 3. The molecule has 2 N–H and O–H groups in total. The fourth-order valence-electron chi connectivity index (χ4n) is 0.317. The second-order valence-electron chi connectivity index (χ2n) is 1.69. The Balaban J connectivity index is 3.62. The van der Waals surface area contributed by atoms with Crippen LogP contribution in [-0.4, -0.2) is 12.3 Å². The second kappa shape index (κ2) is 3.38. The van der Waals surface area contributed by atoms with Gasteiger partial charge in [0, 0.05) is 5.92 Å². The van der Waals surface area contributed by atoms with Crippen LogP contribution in [0.25, 0.3) is 0 Å². The molecule has 0 aromatic rings. The molecule has 0 fully saturated rings. The van der Waals surface area contributed by atoms with Gasteiger partial charge in [-0.15, -0.1) is 6.58 Å². The van der Waals surface area contributed by atoms with E-state index in [0.29, 0.717) is 0 Å². The second-order valence-corrected chi connectivity index (χ2v) is 1.69. The minimum atomic E-state index is -0.0833. The first-order valence-electron chi connectivity index (χ1n) is 2.57. The summed E-state index contributed by atoms with van der Waals surface area (Å²) < 4.78 is 0. The summed E-state index contributed by atoms with van der Waals surface area (Å²) in [5.74, 6) is -0.0417. The van der Waals surface area contributed by atoms with Gasteiger partial charge in [-0.05, 0) is 0 Å². The molecule has 0 bridgehead atoms. The largest absolute Gasteiger partial charge is 0.324 e. The van der Waals surface area contributed by atoms with Gasteiger partial charge in [-0.1, -0.05) is 13.0 Å². The summed E-state index contributed by atoms with van der Waals surface area (Å²) in [6.07, 6.45) is 1.59. The molecule has 8 heavy (non-hydrogen) atoms. The van der Waals surface area contributed by atoms with Crippen LogP contribution in [0.15, 0.2) is 12.7 Å². The molecule has 0 aliphatic carbocycles. The highest BCUT2D eigenvalue weighted by molar-refractivity contribution is 5.83. The lowest BCUT2D eigenvalue weighted by Crippen LogP contribution is -2.19. The Morgan fingerprint density at radius 2 is 2.50 bits per heavy atom. The van der Waals surface area contributed by atoms with Gasteiger partial charge in [0.1, 0.15) is 0 Å². The van der Waals surface area contributed by atoms with Crippen LogP contribution < -0.4 is 5.73 Å². The predicted molar refractivity (Wildman–Crippen MR) is 33.4 cm³/mol. The first-order chi connectivity index (χ1) is 3.72. The van der Waals surface area contributed by atoms with Crippen molar-refractivity contribution in [2.24, 2.45) is 11.7 Å². The minimum absolute atomic E-state index is 0.0417. The Labute approximate surface area is 49.4 Å². The molecule has 0 heterocycles. The van der Waals surface area contributed by atoms with Crippen LogP contribution in [0.2, 0.25) is 0 Å². The van der Waals surface area contributed by atoms with Gasteiger partial charge in [0.15, 0.2) is 5.78 Å². The number of allylic oxidation sites excluding steroid dienone is 1. The van der Waals surface area contributed by atoms with Crippen molar-refractivity contribution in [1.29, 1.82) is 0 Å². The number of carbonyl (C=O) groups is 1. The molecule has 1 atom stereocenters. The third-order valence-electron chi connectivity index (χ3n) is 1.06. The Kier molecular flexibility index (Phi) is 3.12. The highest BCUT2D eigenvalue weighted by Crippen LogP contribution is 1.94. The van der Waals surface area contributed by atoms with Crippen LogP contribution in [0.5, 0.6) is 0 Å². The number of carbonyl (C=O) groups excluding carboxylic acids is 1. The predicted octanol–water partition coefficient (Wildman–Crippen LogP) is 0.336. The summed E-state index contributed by atoms with van der Waals surface area (Å²) in [4.78, 5) is 10.5. The van der Waals surface area contributed by atoms with Crippen molar-refractivity contribution in [2.75, 3.05) is 6.54 Å². The van der Waals surface area contributed by atoms with E-state index < -0.39 is 0 Å². The standard InChI is InChI=1S/C6H11NO/c1-3-5(2)6(8)4-7/h3,5H,1,4,7H2,2H3. The van der Waals surface area contributed by atoms with Gasteiger partial charge in [0.05, 0.1) is 6.54 Å². The van der Waals surface area contributed by atoms with Gasteiger partial charge in [-0.2, -0.15) is 0 Å². The molecule has 0 aromatic carbocycles. The number of nitrogens with two attached hydrogens (primary N) is 1. The van der Waals surface area contributed by atoms with Crippen molar-refractivity contribution in [3.63, 3.8) is 0 Å². The summed E-state index contributed by atoms with van der Waals surface area (Å²) in [5, 5.41) is 0. The SMILES string of the molecule is C=CC(C)C(=O)CN. The average Bonchev–Trinajstić information content (AvgIpc) is 1.84. The van der Waals surface area contributed by atoms with Gasteiger partial charge < -0.3 is 5.73 Å². The van der Waals surface area contributed by atoms with E-state index in [-0.39, 0.29) is 18.2 Å². The monoisotopic (exact) mass is 113 g/mol. The fourth-order valence-corrected chi connectivity index (χ4v) is 0.317. The van der Waals surface area contributed by atoms with Crippen LogP contribution in [-0.2, 0) is 4.79 Å². The van der Waals surface area contributed by atoms with E-state index >= 15 is 0 Å². The molecular formula is C6H11NO. The molecule has 0 radical (unpaired) electrons. The molecular weight excluding hydrogens is 102 g/mol. The lowest BCUT2D eigenvalue weighted by molar-refractivity contribution is -0.119. The summed E-state index contributed by atoms with van der Waals surface area (Å²) >= 11 is 0. The van der Waals surface area contributed by atoms with Crippen LogP contribution in [0.1, 0.15) is 6.92 Å². The van der Waals surface area contributed by atoms with E-state index in [1.54, 1.807) is 13.0 Å². The third-order valence-corrected chi connectivity index (χ3v) is 1.06. The van der Waals surface area contributed by atoms with Crippen molar-refractivity contribution < 1.29 is 4.79 Å². The highest BCUT2D eigenvalue weighted by Gasteiger charge is 2.03. The van der Waals surface area contributed by atoms with Crippen LogP contribution >= 0.6 is 0 Å². The topological polar surface area (TPSA) is 43.1 Å². The first kappa shape index (κ1) is 7.37. The van der Waals surface area contributed by atoms with Crippen molar-refractivity contribution in [3.8, 4) is 0 Å². The van der Waals surface area contributed by atoms with Crippen LogP contribution in [0, 0.1) is 5.92 Å². The van der Waals surface area contributed by atoms with E-state index in [1.807, 2.05) is 0 Å². The molecule has 0 aliphatic rings. The number of hydrogen-bond donors (Lipinski definition) is 1. The molecule has 2 heteroatoms. The zero-order valence-corrected chi connectivity index (χ0v) is 5.05. The highest BCUT2D eigenvalue weighted by atomic mass is 16.1. The van der Waals surface area contributed by atoms with Gasteiger partial charge in [0.2, 0.25) is 0 Å². The molecule has 46 valence electrons. The minimum Gasteiger partial charge on any atom is -0.324 e. The maximum Gasteiger partial charge on any atom is 0.152 e. The maximum absolute atomic E-state index is 10.5. The molecule has 0 aliphatic heterocycles. The van der Waals surface area contributed by atoms with Crippen molar-refractivity contribution >= 4 is 5.78 Å². The number of hydrogen-bond acceptors (Lipinski definition) is 2. The number of ketones is 1. The van der Waals surface area contributed by atoms with Gasteiger partial charge >= 0.3 is 0 Å². The van der Waals surface area contributed by atoms with Gasteiger partial charge in [0.25, 0.3) is 0 Å². The fraction of sp³-hybridized carbons (Fsp3) is 0.500. The molecule has 2 nitrogen and oxygen atoms in total. The van der Waals surface area contributed by atoms with E-state index in [1.165, 1.54) is 0 Å². The van der Waals surface area contributed by atoms with E-state index in [9.17, 15) is 4.79 Å². The molecule has 0 aromatic heterocycles. The maximum atomic E-state index is 10.5. The summed E-state index contributed by atoms with van der Waals surface area (Å²) in [6, 6.07) is 0. The van der Waals surface area contributed by atoms with E-state index in [2.05, 4.69) is 6.58 Å². The molecule has 0 amide bonds. The molecule has 0 spiro atoms. The van der Waals surface area contributed by atoms with Crippen molar-refractivity contribution in [1.82, 2.24) is 0 Å². The van der Waals surface area contributed by atoms with Crippen molar-refractivity contribution in [3.05, 3.63) is 12.7 Å². The normalized spacial score (nSPS) is 12.8. The summed E-state index contributed by atoms with van der Waals surface area (Å²) in [6.45, 7) is 5.35. The lowest BCUT2D eigenvalue weighted by Gasteiger charge is -1.98. The lowest BCUT2D eigenvalue weighted by atomic mass is 10.1. The van der Waals surface area contributed by atoms with Crippen LogP contribution in [0.4, 0.5) is 0 Å². The third kappa shape index (κ3) is 1.89.